The Morgan fingerprint density at radius 2 is 2.10 bits per heavy atom. The highest BCUT2D eigenvalue weighted by Gasteiger charge is 2.04. The van der Waals surface area contributed by atoms with Gasteiger partial charge in [-0.3, -0.25) is 0 Å². The van der Waals surface area contributed by atoms with Crippen LogP contribution in [0.4, 0.5) is 0 Å². The summed E-state index contributed by atoms with van der Waals surface area (Å²) in [5.74, 6) is -0.341. The molecule has 1 rings (SSSR count). The third-order valence-electron chi connectivity index (χ3n) is 2.25. The maximum absolute atomic E-state index is 11.3. The second-order valence-corrected chi connectivity index (χ2v) is 3.89. The molecule has 0 aliphatic carbocycles. The van der Waals surface area contributed by atoms with Crippen LogP contribution in [0.25, 0.3) is 5.57 Å². The van der Waals surface area contributed by atoms with Gasteiger partial charge in [0.2, 0.25) is 0 Å². The van der Waals surface area contributed by atoms with Crippen molar-refractivity contribution in [3.63, 3.8) is 0 Å². The summed E-state index contributed by atoms with van der Waals surface area (Å²) in [4.78, 5) is 15.5. The van der Waals surface area contributed by atoms with Crippen LogP contribution in [0.15, 0.2) is 18.6 Å². The molecule has 1 aromatic rings. The largest absolute Gasteiger partial charge is 0.463 e. The van der Waals surface area contributed by atoms with Gasteiger partial charge in [-0.2, -0.15) is 0 Å². The molecule has 114 valence electrons. The van der Waals surface area contributed by atoms with E-state index in [1.165, 1.54) is 6.08 Å². The van der Waals surface area contributed by atoms with Crippen LogP contribution >= 0.6 is 0 Å². The number of nitrogens with zero attached hydrogens (tertiary/aromatic N) is 2. The van der Waals surface area contributed by atoms with E-state index in [0.717, 1.165) is 24.3 Å². The second kappa shape index (κ2) is 11.2. The van der Waals surface area contributed by atoms with Gasteiger partial charge in [0.05, 0.1) is 18.6 Å². The van der Waals surface area contributed by atoms with Crippen LogP contribution in [0.2, 0.25) is 0 Å². The summed E-state index contributed by atoms with van der Waals surface area (Å²) >= 11 is 0. The number of aromatic nitrogens is 2. The van der Waals surface area contributed by atoms with Gasteiger partial charge in [-0.05, 0) is 25.8 Å². The first-order valence-corrected chi connectivity index (χ1v) is 7.12. The maximum Gasteiger partial charge on any atom is 0.331 e. The Hall–Kier alpha value is -1.62. The van der Waals surface area contributed by atoms with Crippen LogP contribution in [-0.2, 0) is 21.0 Å². The fraction of sp³-hybridized carbons (Fsp3) is 0.600. The van der Waals surface area contributed by atoms with Crippen molar-refractivity contribution < 1.29 is 14.3 Å². The first-order chi connectivity index (χ1) is 9.67. The van der Waals surface area contributed by atoms with Gasteiger partial charge >= 0.3 is 5.97 Å². The van der Waals surface area contributed by atoms with Crippen LogP contribution in [0.5, 0.6) is 0 Å². The summed E-state index contributed by atoms with van der Waals surface area (Å²) in [7, 11) is 0. The Morgan fingerprint density at radius 3 is 2.70 bits per heavy atom. The first kappa shape index (κ1) is 18.4. The van der Waals surface area contributed by atoms with E-state index in [0.29, 0.717) is 13.3 Å². The first-order valence-electron chi connectivity index (χ1n) is 7.12. The van der Waals surface area contributed by atoms with E-state index in [9.17, 15) is 4.79 Å². The lowest BCUT2D eigenvalue weighted by molar-refractivity contribution is -0.137. The molecule has 0 amide bonds. The summed E-state index contributed by atoms with van der Waals surface area (Å²) in [6, 6.07) is 0. The molecule has 5 nitrogen and oxygen atoms in total. The van der Waals surface area contributed by atoms with Gasteiger partial charge in [0, 0.05) is 18.9 Å². The molecule has 0 radical (unpaired) electrons. The number of hydrogen-bond acceptors (Lipinski definition) is 4. The zero-order chi connectivity index (χ0) is 15.4. The minimum absolute atomic E-state index is 0.341. The van der Waals surface area contributed by atoms with Crippen molar-refractivity contribution in [3.8, 4) is 0 Å². The van der Waals surface area contributed by atoms with E-state index in [1.807, 2.05) is 31.5 Å². The molecule has 0 bridgehead atoms. The van der Waals surface area contributed by atoms with Crippen LogP contribution in [-0.4, -0.2) is 28.7 Å². The van der Waals surface area contributed by atoms with Crippen LogP contribution in [0, 0.1) is 0 Å². The molecule has 0 unspecified atom stereocenters. The Kier molecular flexibility index (Phi) is 10.3. The third-order valence-corrected chi connectivity index (χ3v) is 2.25. The monoisotopic (exact) mass is 282 g/mol. The van der Waals surface area contributed by atoms with Crippen molar-refractivity contribution in [2.24, 2.45) is 0 Å². The molecule has 0 fully saturated rings. The van der Waals surface area contributed by atoms with Crippen molar-refractivity contribution in [1.29, 1.82) is 0 Å². The fourth-order valence-electron chi connectivity index (χ4n) is 1.38. The standard InChI is InChI=1S/C13H20N2O3.C2H6/c1-4-6-17-10-15-8-12(14-9-15)11(3)7-13(16)18-5-2;1-2/h7-9H,4-6,10H2,1-3H3;1-2H3/b11-7+;. The van der Waals surface area contributed by atoms with Crippen LogP contribution in [0.3, 0.4) is 0 Å². The molecule has 0 aliphatic heterocycles. The lowest BCUT2D eigenvalue weighted by atomic mass is 10.2. The lowest BCUT2D eigenvalue weighted by Gasteiger charge is -2.02. The van der Waals surface area contributed by atoms with Gasteiger partial charge in [0.1, 0.15) is 6.73 Å². The molecule has 5 heteroatoms. The molecule has 0 aromatic carbocycles. The van der Waals surface area contributed by atoms with E-state index >= 15 is 0 Å². The second-order valence-electron chi connectivity index (χ2n) is 3.89. The minimum atomic E-state index is -0.341. The van der Waals surface area contributed by atoms with Crippen molar-refractivity contribution >= 4 is 11.5 Å². The quantitative estimate of drug-likeness (QED) is 0.437. The van der Waals surface area contributed by atoms with Gasteiger partial charge in [-0.1, -0.05) is 20.8 Å². The van der Waals surface area contributed by atoms with Crippen molar-refractivity contribution in [3.05, 3.63) is 24.3 Å². The zero-order valence-corrected chi connectivity index (χ0v) is 13.2. The van der Waals surface area contributed by atoms with E-state index in [1.54, 1.807) is 13.3 Å². The number of hydrogen-bond donors (Lipinski definition) is 0. The van der Waals surface area contributed by atoms with E-state index < -0.39 is 0 Å². The third kappa shape index (κ3) is 7.09. The highest BCUT2D eigenvalue weighted by Crippen LogP contribution is 2.11. The molecule has 0 saturated heterocycles. The highest BCUT2D eigenvalue weighted by molar-refractivity contribution is 5.90. The minimum Gasteiger partial charge on any atom is -0.463 e. The highest BCUT2D eigenvalue weighted by atomic mass is 16.5. The van der Waals surface area contributed by atoms with Gasteiger partial charge < -0.3 is 14.0 Å². The average Bonchev–Trinajstić information content (AvgIpc) is 2.90. The van der Waals surface area contributed by atoms with E-state index in [2.05, 4.69) is 11.9 Å². The number of allylic oxidation sites excluding steroid dienone is 1. The Bertz CT molecular complexity index is 411. The fourth-order valence-corrected chi connectivity index (χ4v) is 1.38. The number of carbonyl (C=O) groups is 1. The summed E-state index contributed by atoms with van der Waals surface area (Å²) in [6.07, 6.45) is 5.97. The van der Waals surface area contributed by atoms with E-state index in [4.69, 9.17) is 9.47 Å². The zero-order valence-electron chi connectivity index (χ0n) is 13.2. The summed E-state index contributed by atoms with van der Waals surface area (Å²) < 4.78 is 12.1. The molecule has 0 saturated carbocycles. The predicted octanol–water partition coefficient (Wildman–Crippen LogP) is 3.26. The van der Waals surface area contributed by atoms with E-state index in [-0.39, 0.29) is 5.97 Å². The van der Waals surface area contributed by atoms with Crippen molar-refractivity contribution in [1.82, 2.24) is 9.55 Å². The van der Waals surface area contributed by atoms with Gasteiger partial charge in [0.25, 0.3) is 0 Å². The summed E-state index contributed by atoms with van der Waals surface area (Å²) in [6.45, 7) is 11.3. The van der Waals surface area contributed by atoms with Crippen LogP contribution < -0.4 is 0 Å². The normalized spacial score (nSPS) is 10.8. The number of esters is 1. The molecule has 1 aromatic heterocycles. The number of carbonyl (C=O) groups excluding carboxylic acids is 1. The molecule has 0 spiro atoms. The smallest absolute Gasteiger partial charge is 0.331 e. The summed E-state index contributed by atoms with van der Waals surface area (Å²) in [5.41, 5.74) is 1.53. The molecule has 0 N–H and O–H groups in total. The Balaban J connectivity index is 0.00000172. The molecular formula is C15H26N2O3. The summed E-state index contributed by atoms with van der Waals surface area (Å²) in [5, 5.41) is 0. The van der Waals surface area contributed by atoms with Crippen LogP contribution in [0.1, 0.15) is 46.7 Å². The maximum atomic E-state index is 11.3. The Morgan fingerprint density at radius 1 is 1.40 bits per heavy atom. The molecule has 0 aliphatic rings. The SMILES string of the molecule is CC.CCCOCn1cnc(/C(C)=C/C(=O)OCC)c1. The molecule has 1 heterocycles. The molecule has 0 atom stereocenters. The molecule has 20 heavy (non-hydrogen) atoms. The lowest BCUT2D eigenvalue weighted by Crippen LogP contribution is -2.01. The topological polar surface area (TPSA) is 53.4 Å². The average molecular weight is 282 g/mol. The van der Waals surface area contributed by atoms with Crippen molar-refractivity contribution in [2.45, 2.75) is 47.8 Å². The predicted molar refractivity (Wildman–Crippen MR) is 80.1 cm³/mol. The Labute approximate surface area is 121 Å². The van der Waals surface area contributed by atoms with Gasteiger partial charge in [-0.25, -0.2) is 9.78 Å². The number of imidazole rings is 1. The van der Waals surface area contributed by atoms with Gasteiger partial charge in [-0.15, -0.1) is 0 Å². The molecular weight excluding hydrogens is 256 g/mol. The number of rotatable bonds is 7. The number of ether oxygens (including phenoxy) is 2. The van der Waals surface area contributed by atoms with Gasteiger partial charge in [0.15, 0.2) is 0 Å². The van der Waals surface area contributed by atoms with Crippen molar-refractivity contribution in [2.75, 3.05) is 13.2 Å².